The molecule has 19 nitrogen and oxygen atoms in total. The fourth-order valence-electron chi connectivity index (χ4n) is 16.6. The van der Waals surface area contributed by atoms with Gasteiger partial charge in [-0.15, -0.1) is 45.3 Å². The number of aryl methyl sites for hydroxylation is 7. The smallest absolute Gasteiger partial charge is 0.255 e. The predicted molar refractivity (Wildman–Crippen MR) is 431 cm³/mol. The fraction of sp³-hybridized carbons (Fsp3) is 0.352. The molecule has 10 aromatic rings. The number of aromatic nitrogens is 3. The van der Waals surface area contributed by atoms with Crippen LogP contribution in [0.25, 0.3) is 31.3 Å². The van der Waals surface area contributed by atoms with Crippen LogP contribution in [0.4, 0.5) is 0 Å². The van der Waals surface area contributed by atoms with Crippen molar-refractivity contribution in [3.8, 4) is 31.3 Å². The number of carbonyl (C=O) groups is 8. The molecular weight excluding hydrogens is 1470 g/mol. The van der Waals surface area contributed by atoms with Gasteiger partial charge in [-0.25, -0.2) is 15.0 Å². The number of carbonyl (C=O) groups excluding carboxylic acids is 8. The molecule has 111 heavy (non-hydrogen) atoms. The van der Waals surface area contributed by atoms with Crippen molar-refractivity contribution in [3.63, 3.8) is 0 Å². The summed E-state index contributed by atoms with van der Waals surface area (Å²) in [4.78, 5) is 133. The van der Waals surface area contributed by atoms with Crippen LogP contribution in [0.2, 0.25) is 0 Å². The molecule has 4 aromatic heterocycles. The molecule has 572 valence electrons. The van der Waals surface area contributed by atoms with Crippen LogP contribution < -0.4 is 0 Å². The highest BCUT2D eigenvalue weighted by Crippen LogP contribution is 2.43. The highest BCUT2D eigenvalue weighted by Gasteiger charge is 2.54. The summed E-state index contributed by atoms with van der Waals surface area (Å²) in [6.07, 6.45) is 5.11. The van der Waals surface area contributed by atoms with Crippen molar-refractivity contribution in [3.05, 3.63) is 252 Å². The van der Waals surface area contributed by atoms with Crippen LogP contribution >= 0.6 is 45.3 Å². The second kappa shape index (κ2) is 34.4. The zero-order chi connectivity index (χ0) is 77.6. The van der Waals surface area contributed by atoms with E-state index in [1.54, 1.807) is 60.8 Å². The zero-order valence-electron chi connectivity index (χ0n) is 62.6. The minimum Gasteiger partial charge on any atom is -0.391 e. The van der Waals surface area contributed by atoms with Gasteiger partial charge in [-0.3, -0.25) is 38.4 Å². The summed E-state index contributed by atoms with van der Waals surface area (Å²) in [6.45, 7) is 9.07. The number of ketones is 3. The van der Waals surface area contributed by atoms with E-state index in [4.69, 9.17) is 0 Å². The normalized spacial score (nSPS) is 20.0. The average Bonchev–Trinajstić information content (AvgIpc) is 1.63. The molecule has 5 aliphatic heterocycles. The van der Waals surface area contributed by atoms with Gasteiger partial charge in [0, 0.05) is 92.8 Å². The number of thiazole rings is 3. The van der Waals surface area contributed by atoms with E-state index in [0.717, 1.165) is 106 Å². The van der Waals surface area contributed by atoms with Gasteiger partial charge in [-0.2, -0.15) is 0 Å². The first-order valence-electron chi connectivity index (χ1n) is 38.1. The lowest BCUT2D eigenvalue weighted by atomic mass is 9.78. The Kier molecular flexibility index (Phi) is 24.1. The zero-order valence-corrected chi connectivity index (χ0v) is 65.9. The molecule has 0 unspecified atom stereocenters. The van der Waals surface area contributed by atoms with E-state index < -0.39 is 48.0 Å². The number of fused-ring (bicyclic) bond motifs is 2. The number of thiophene rings is 1. The summed E-state index contributed by atoms with van der Waals surface area (Å²) in [5.74, 6) is -1.09. The summed E-state index contributed by atoms with van der Waals surface area (Å²) < 4.78 is 0. The van der Waals surface area contributed by atoms with E-state index in [0.29, 0.717) is 81.1 Å². The molecule has 0 radical (unpaired) electrons. The van der Waals surface area contributed by atoms with E-state index in [2.05, 4.69) is 39.2 Å². The summed E-state index contributed by atoms with van der Waals surface area (Å²) in [6, 6.07) is 47.8. The number of amides is 5. The largest absolute Gasteiger partial charge is 0.391 e. The maximum atomic E-state index is 14.4. The maximum Gasteiger partial charge on any atom is 0.255 e. The molecular formula is C88H90N8O11S4. The van der Waals surface area contributed by atoms with Gasteiger partial charge in [0.05, 0.1) is 84.7 Å². The van der Waals surface area contributed by atoms with Gasteiger partial charge >= 0.3 is 0 Å². The fourth-order valence-corrected chi connectivity index (χ4v) is 19.9. The summed E-state index contributed by atoms with van der Waals surface area (Å²) in [5, 5.41) is 33.2. The topological polar surface area (TPSA) is 252 Å². The average molecular weight is 1560 g/mol. The Bertz CT molecular complexity index is 5050. The number of Topliss-reactive ketones (excluding diaryl/α,β-unsaturated/α-hetero) is 3. The SMILES string of the molecule is Cc1cccc(C(=O)N2C[C@H](O)C[C@H]2C(=O)CCc2ccc(-c3scnc3C)cc2)c1.Cc1ncsc1-c1ccc(CCC(=O)[C@@H]2C[C@@H](O)CN2C(=O)C2(N3Cc4ccccc4C3=O)CCCCC2)cc1.Cc1ncsc1-c1ccc(CCC(=O)[C@@H]2C[C@@H](O)CN2C(=O)[C@H](c2cccs2)N2Cc3ccccc3C2=O)cc1. The lowest BCUT2D eigenvalue weighted by molar-refractivity contribution is -0.149. The standard InChI is InChI=1S/C32H35N3O4S.C31H29N3O4S2.C25H26N2O3S/c1-21-29(40-20-33-21)23-12-9-22(10-13-23)11-14-28(37)27-17-25(36)19-34(27)31(39)32(15-5-2-6-16-32)35-18-24-7-3-4-8-26(24)30(35)38;1-19-29(40-18-32-19)21-11-8-20(9-12-21)10-13-26(36)25-15-23(35)17-33(25)31(38)28(27-7-4-14-39-27)34-16-22-5-2-3-6-24(22)30(34)37;1-16-4-3-5-20(12-16)25(30)27-14-21(28)13-22(27)23(29)11-8-18-6-9-19(10-7-18)24-17(2)26-15-31-24/h3-4,7-10,12-13,20,25,27,36H,2,5-6,11,14-19H2,1H3;2-9,11-12,14,18,23,25,28,35H,10,13,15-17H2,1H3;3-7,9-10,12,15,21-22,28H,8,11,13-14H2,1-2H3/t25-,27+;23-,25+,28+;21-,22+/m111/s1. The first-order valence-corrected chi connectivity index (χ1v) is 41.6. The molecule has 3 saturated heterocycles. The van der Waals surface area contributed by atoms with Crippen molar-refractivity contribution in [1.82, 2.24) is 39.5 Å². The first-order chi connectivity index (χ1) is 53.7. The number of benzene rings is 6. The van der Waals surface area contributed by atoms with Crippen molar-refractivity contribution in [2.24, 2.45) is 0 Å². The number of hydrogen-bond acceptors (Lipinski definition) is 18. The molecule has 1 saturated carbocycles. The summed E-state index contributed by atoms with van der Waals surface area (Å²) in [7, 11) is 0. The molecule has 23 heteroatoms. The second-order valence-electron chi connectivity index (χ2n) is 29.9. The van der Waals surface area contributed by atoms with Gasteiger partial charge in [0.2, 0.25) is 5.91 Å². The van der Waals surface area contributed by atoms with Crippen molar-refractivity contribution < 1.29 is 53.7 Å². The number of aliphatic hydroxyl groups is 3. The van der Waals surface area contributed by atoms with E-state index in [-0.39, 0.29) is 85.8 Å². The Morgan fingerprint density at radius 3 is 1.36 bits per heavy atom. The van der Waals surface area contributed by atoms with Gasteiger partial charge in [0.1, 0.15) is 11.6 Å². The van der Waals surface area contributed by atoms with Gasteiger partial charge < -0.3 is 39.8 Å². The van der Waals surface area contributed by atoms with Crippen LogP contribution in [-0.4, -0.2) is 163 Å². The Morgan fingerprint density at radius 2 is 0.919 bits per heavy atom. The first kappa shape index (κ1) is 77.9. The minimum absolute atomic E-state index is 0.0000640. The number of nitrogens with zero attached hydrogens (tertiary/aromatic N) is 8. The summed E-state index contributed by atoms with van der Waals surface area (Å²) in [5.41, 5.74) is 18.7. The van der Waals surface area contributed by atoms with Gasteiger partial charge in [-0.05, 0) is 140 Å². The Labute approximate surface area is 662 Å². The van der Waals surface area contributed by atoms with Gasteiger partial charge in [0.15, 0.2) is 17.3 Å². The number of likely N-dealkylation sites (tertiary alicyclic amines) is 3. The lowest BCUT2D eigenvalue weighted by Gasteiger charge is -2.46. The highest BCUT2D eigenvalue weighted by molar-refractivity contribution is 7.14. The molecule has 5 amide bonds. The van der Waals surface area contributed by atoms with Crippen LogP contribution in [0.1, 0.15) is 163 Å². The van der Waals surface area contributed by atoms with Crippen LogP contribution in [0, 0.1) is 27.7 Å². The van der Waals surface area contributed by atoms with Crippen LogP contribution in [0.5, 0.6) is 0 Å². The molecule has 6 aromatic carbocycles. The molecule has 16 rings (SSSR count). The van der Waals surface area contributed by atoms with Crippen molar-refractivity contribution >= 4 is 92.2 Å². The minimum atomic E-state index is -0.971. The van der Waals surface area contributed by atoms with Gasteiger partial charge in [-0.1, -0.05) is 152 Å². The quantitative estimate of drug-likeness (QED) is 0.0605. The number of β-amino-alcohol motifs (C(OH)–C–C–N with tert-alkyl or cyclic N) is 3. The Balaban J connectivity index is 0.000000140. The number of aliphatic hydroxyl groups excluding tert-OH is 3. The molecule has 9 heterocycles. The van der Waals surface area contributed by atoms with Crippen LogP contribution in [-0.2, 0) is 56.3 Å². The molecule has 7 atom stereocenters. The Hall–Kier alpha value is -9.85. The third kappa shape index (κ3) is 17.0. The van der Waals surface area contributed by atoms with E-state index >= 15 is 0 Å². The van der Waals surface area contributed by atoms with Crippen molar-refractivity contribution in [1.29, 1.82) is 0 Å². The molecule has 0 bridgehead atoms. The number of hydrogen-bond donors (Lipinski definition) is 3. The monoisotopic (exact) mass is 1560 g/mol. The molecule has 4 fully saturated rings. The van der Waals surface area contributed by atoms with E-state index in [9.17, 15) is 53.7 Å². The third-order valence-electron chi connectivity index (χ3n) is 22.5. The van der Waals surface area contributed by atoms with Crippen molar-refractivity contribution in [2.75, 3.05) is 19.6 Å². The maximum absolute atomic E-state index is 14.4. The van der Waals surface area contributed by atoms with Crippen LogP contribution in [0.3, 0.4) is 0 Å². The molecule has 6 aliphatic rings. The second-order valence-corrected chi connectivity index (χ2v) is 33.5. The van der Waals surface area contributed by atoms with Crippen LogP contribution in [0.15, 0.2) is 180 Å². The lowest BCUT2D eigenvalue weighted by Crippen LogP contribution is -2.62. The molecule has 1 aliphatic carbocycles. The summed E-state index contributed by atoms with van der Waals surface area (Å²) >= 11 is 6.25. The predicted octanol–water partition coefficient (Wildman–Crippen LogP) is 14.2. The van der Waals surface area contributed by atoms with Crippen molar-refractivity contribution in [2.45, 2.75) is 179 Å². The van der Waals surface area contributed by atoms with E-state index in [1.165, 1.54) is 21.1 Å². The molecule has 3 N–H and O–H groups in total. The highest BCUT2D eigenvalue weighted by atomic mass is 32.1. The third-order valence-corrected chi connectivity index (χ3v) is 26.4. The number of rotatable bonds is 21. The molecule has 0 spiro atoms. The van der Waals surface area contributed by atoms with E-state index in [1.807, 2.05) is 171 Å². The van der Waals surface area contributed by atoms with Gasteiger partial charge in [0.25, 0.3) is 23.6 Å². The Morgan fingerprint density at radius 1 is 0.477 bits per heavy atom.